The Morgan fingerprint density at radius 2 is 1.78 bits per heavy atom. The summed E-state index contributed by atoms with van der Waals surface area (Å²) in [5.74, 6) is -0.892. The number of fused-ring (bicyclic) bond motifs is 1. The highest BCUT2D eigenvalue weighted by Crippen LogP contribution is 2.18. The number of esters is 1. The van der Waals surface area contributed by atoms with Gasteiger partial charge in [-0.25, -0.2) is 13.1 Å². The molecule has 2 rings (SSSR count). The molecule has 2 aromatic carbocycles. The lowest BCUT2D eigenvalue weighted by Crippen LogP contribution is -2.27. The summed E-state index contributed by atoms with van der Waals surface area (Å²) in [6.07, 6.45) is -0.139. The quantitative estimate of drug-likeness (QED) is 0.777. The van der Waals surface area contributed by atoms with Crippen molar-refractivity contribution in [2.45, 2.75) is 18.2 Å². The minimum Gasteiger partial charge on any atom is -0.458 e. The molecule has 0 saturated heterocycles. The smallest absolute Gasteiger partial charge is 0.307 e. The zero-order valence-electron chi connectivity index (χ0n) is 12.6. The van der Waals surface area contributed by atoms with E-state index in [0.29, 0.717) is 0 Å². The van der Waals surface area contributed by atoms with Gasteiger partial charge in [-0.15, -0.1) is 0 Å². The van der Waals surface area contributed by atoms with Crippen LogP contribution in [0.2, 0.25) is 0 Å². The number of benzene rings is 2. The summed E-state index contributed by atoms with van der Waals surface area (Å²) in [6, 6.07) is 12.2. The second kappa shape index (κ2) is 7.34. The number of rotatable bonds is 7. The van der Waals surface area contributed by atoms with E-state index in [1.165, 1.54) is 13.0 Å². The topological polar surface area (TPSA) is 89.5 Å². The number of Topliss-reactive ketones (excluding diaryl/α,β-unsaturated/α-hetero) is 1. The molecule has 0 saturated carbocycles. The number of ether oxygens (including phenoxy) is 1. The molecule has 6 nitrogen and oxygen atoms in total. The molecule has 0 heterocycles. The fourth-order valence-corrected chi connectivity index (χ4v) is 3.03. The maximum Gasteiger partial charge on any atom is 0.307 e. The summed E-state index contributed by atoms with van der Waals surface area (Å²) >= 11 is 0. The molecule has 0 aliphatic carbocycles. The van der Waals surface area contributed by atoms with Crippen molar-refractivity contribution >= 4 is 32.5 Å². The zero-order chi connectivity index (χ0) is 16.9. The highest BCUT2D eigenvalue weighted by atomic mass is 32.2. The first-order valence-corrected chi connectivity index (χ1v) is 8.50. The molecule has 1 N–H and O–H groups in total. The molecule has 0 aliphatic rings. The third kappa shape index (κ3) is 4.87. The first-order valence-electron chi connectivity index (χ1n) is 7.02. The maximum absolute atomic E-state index is 12.2. The highest BCUT2D eigenvalue weighted by molar-refractivity contribution is 7.89. The van der Waals surface area contributed by atoms with Crippen LogP contribution < -0.4 is 4.72 Å². The zero-order valence-corrected chi connectivity index (χ0v) is 13.4. The summed E-state index contributed by atoms with van der Waals surface area (Å²) in [7, 11) is -3.70. The Hall–Kier alpha value is -2.25. The van der Waals surface area contributed by atoms with E-state index in [1.54, 1.807) is 12.1 Å². The van der Waals surface area contributed by atoms with E-state index < -0.39 is 16.0 Å². The predicted octanol–water partition coefficient (Wildman–Crippen LogP) is 1.64. The Kier molecular flexibility index (Phi) is 5.46. The van der Waals surface area contributed by atoms with Crippen molar-refractivity contribution in [2.75, 3.05) is 13.2 Å². The lowest BCUT2D eigenvalue weighted by molar-refractivity contribution is -0.147. The molecule has 0 radical (unpaired) electrons. The van der Waals surface area contributed by atoms with Crippen molar-refractivity contribution in [3.8, 4) is 0 Å². The number of hydrogen-bond acceptors (Lipinski definition) is 5. The van der Waals surface area contributed by atoms with Gasteiger partial charge in [-0.05, 0) is 29.8 Å². The fraction of sp³-hybridized carbons (Fsp3) is 0.250. The molecule has 0 atom stereocenters. The number of hydrogen-bond donors (Lipinski definition) is 1. The standard InChI is InChI=1S/C16H17NO5S/c1-12(18)11-22-16(19)8-9-17-23(20,21)15-7-6-13-4-2-3-5-14(13)10-15/h2-7,10,17H,8-9,11H2,1H3. The minimum absolute atomic E-state index is 0.0914. The summed E-state index contributed by atoms with van der Waals surface area (Å²) < 4.78 is 31.4. The van der Waals surface area contributed by atoms with Gasteiger partial charge in [0, 0.05) is 6.54 Å². The average molecular weight is 335 g/mol. The summed E-state index contributed by atoms with van der Waals surface area (Å²) in [6.45, 7) is 0.915. The van der Waals surface area contributed by atoms with Gasteiger partial charge >= 0.3 is 5.97 Å². The fourth-order valence-electron chi connectivity index (χ4n) is 1.96. The molecule has 0 unspecified atom stereocenters. The van der Waals surface area contributed by atoms with Gasteiger partial charge in [-0.3, -0.25) is 9.59 Å². The molecule has 0 aromatic heterocycles. The van der Waals surface area contributed by atoms with Gasteiger partial charge in [-0.2, -0.15) is 0 Å². The highest BCUT2D eigenvalue weighted by Gasteiger charge is 2.15. The maximum atomic E-state index is 12.2. The van der Waals surface area contributed by atoms with Gasteiger partial charge in [-0.1, -0.05) is 30.3 Å². The Labute approximate surface area is 134 Å². The van der Waals surface area contributed by atoms with Crippen molar-refractivity contribution < 1.29 is 22.7 Å². The Balaban J connectivity index is 1.98. The van der Waals surface area contributed by atoms with Crippen molar-refractivity contribution in [3.05, 3.63) is 42.5 Å². The molecule has 7 heteroatoms. The van der Waals surface area contributed by atoms with E-state index in [-0.39, 0.29) is 30.3 Å². The van der Waals surface area contributed by atoms with Crippen LogP contribution >= 0.6 is 0 Å². The molecular formula is C16H17NO5S. The molecular weight excluding hydrogens is 318 g/mol. The summed E-state index contributed by atoms with van der Waals surface area (Å²) in [4.78, 5) is 22.2. The van der Waals surface area contributed by atoms with E-state index >= 15 is 0 Å². The van der Waals surface area contributed by atoms with Crippen LogP contribution in [-0.2, 0) is 24.3 Å². The average Bonchev–Trinajstić information content (AvgIpc) is 2.52. The second-order valence-corrected chi connectivity index (χ2v) is 6.79. The second-order valence-electron chi connectivity index (χ2n) is 5.02. The lowest BCUT2D eigenvalue weighted by Gasteiger charge is -2.08. The lowest BCUT2D eigenvalue weighted by atomic mass is 10.1. The van der Waals surface area contributed by atoms with Crippen LogP contribution in [0.1, 0.15) is 13.3 Å². The number of ketones is 1. The van der Waals surface area contributed by atoms with E-state index in [0.717, 1.165) is 10.8 Å². The van der Waals surface area contributed by atoms with Crippen LogP contribution in [0.25, 0.3) is 10.8 Å². The van der Waals surface area contributed by atoms with E-state index in [1.807, 2.05) is 24.3 Å². The molecule has 2 aromatic rings. The third-order valence-electron chi connectivity index (χ3n) is 3.09. The van der Waals surface area contributed by atoms with Crippen molar-refractivity contribution in [2.24, 2.45) is 0 Å². The minimum atomic E-state index is -3.70. The first kappa shape index (κ1) is 17.1. The van der Waals surface area contributed by atoms with E-state index in [9.17, 15) is 18.0 Å². The normalized spacial score (nSPS) is 11.3. The molecule has 0 bridgehead atoms. The molecule has 0 fully saturated rings. The van der Waals surface area contributed by atoms with Gasteiger partial charge in [0.2, 0.25) is 10.0 Å². The Morgan fingerprint density at radius 1 is 1.09 bits per heavy atom. The van der Waals surface area contributed by atoms with Crippen LogP contribution in [0.3, 0.4) is 0 Å². The van der Waals surface area contributed by atoms with Crippen LogP contribution in [-0.4, -0.2) is 33.3 Å². The van der Waals surface area contributed by atoms with Crippen LogP contribution in [0.5, 0.6) is 0 Å². The number of carbonyl (C=O) groups is 2. The summed E-state index contributed by atoms with van der Waals surface area (Å²) in [5, 5.41) is 1.76. The van der Waals surface area contributed by atoms with Crippen LogP contribution in [0, 0.1) is 0 Å². The third-order valence-corrected chi connectivity index (χ3v) is 4.55. The van der Waals surface area contributed by atoms with E-state index in [4.69, 9.17) is 0 Å². The van der Waals surface area contributed by atoms with Crippen molar-refractivity contribution in [1.29, 1.82) is 0 Å². The van der Waals surface area contributed by atoms with Crippen molar-refractivity contribution in [3.63, 3.8) is 0 Å². The largest absolute Gasteiger partial charge is 0.458 e. The predicted molar refractivity (Wildman–Crippen MR) is 85.4 cm³/mol. The molecule has 122 valence electrons. The first-order chi connectivity index (χ1) is 10.9. The van der Waals surface area contributed by atoms with Crippen LogP contribution in [0.15, 0.2) is 47.4 Å². The number of nitrogens with one attached hydrogen (secondary N) is 1. The van der Waals surface area contributed by atoms with Gasteiger partial charge in [0.25, 0.3) is 0 Å². The Morgan fingerprint density at radius 3 is 2.48 bits per heavy atom. The SMILES string of the molecule is CC(=O)COC(=O)CCNS(=O)(=O)c1ccc2ccccc2c1. The number of carbonyl (C=O) groups excluding carboxylic acids is 2. The Bertz CT molecular complexity index is 829. The van der Waals surface area contributed by atoms with Gasteiger partial charge in [0.1, 0.15) is 6.61 Å². The van der Waals surface area contributed by atoms with Gasteiger partial charge in [0.05, 0.1) is 11.3 Å². The van der Waals surface area contributed by atoms with Crippen molar-refractivity contribution in [1.82, 2.24) is 4.72 Å². The molecule has 0 aliphatic heterocycles. The molecule has 0 amide bonds. The van der Waals surface area contributed by atoms with Gasteiger partial charge in [0.15, 0.2) is 5.78 Å². The monoisotopic (exact) mass is 335 g/mol. The molecule has 0 spiro atoms. The van der Waals surface area contributed by atoms with Gasteiger partial charge < -0.3 is 4.74 Å². The van der Waals surface area contributed by atoms with E-state index in [2.05, 4.69) is 9.46 Å². The van der Waals surface area contributed by atoms with Crippen LogP contribution in [0.4, 0.5) is 0 Å². The summed E-state index contributed by atoms with van der Waals surface area (Å²) in [5.41, 5.74) is 0. The molecule has 23 heavy (non-hydrogen) atoms. The number of sulfonamides is 1.